The first-order valence-electron chi connectivity index (χ1n) is 11.5. The molecule has 0 amide bonds. The lowest BCUT2D eigenvalue weighted by Gasteiger charge is -2.19. The largest absolute Gasteiger partial charge is 0.497 e. The van der Waals surface area contributed by atoms with Crippen LogP contribution in [-0.4, -0.2) is 72.6 Å². The van der Waals surface area contributed by atoms with Crippen LogP contribution in [0.4, 0.5) is 0 Å². The fourth-order valence-electron chi connectivity index (χ4n) is 4.60. The van der Waals surface area contributed by atoms with Gasteiger partial charge < -0.3 is 29.5 Å². The van der Waals surface area contributed by atoms with Crippen molar-refractivity contribution in [2.75, 3.05) is 46.5 Å². The average Bonchev–Trinajstić information content (AvgIpc) is 3.21. The van der Waals surface area contributed by atoms with Crippen molar-refractivity contribution < 1.29 is 19.3 Å². The van der Waals surface area contributed by atoms with E-state index in [-0.39, 0.29) is 12.0 Å². The van der Waals surface area contributed by atoms with E-state index in [1.54, 1.807) is 13.3 Å². The van der Waals surface area contributed by atoms with Gasteiger partial charge in [-0.05, 0) is 36.2 Å². The number of methoxy groups -OCH3 is 1. The van der Waals surface area contributed by atoms with Crippen molar-refractivity contribution >= 4 is 10.9 Å². The van der Waals surface area contributed by atoms with E-state index in [9.17, 15) is 5.11 Å². The lowest BCUT2D eigenvalue weighted by molar-refractivity contribution is 0.140. The Kier molecular flexibility index (Phi) is 6.57. The van der Waals surface area contributed by atoms with Gasteiger partial charge in [-0.3, -0.25) is 9.97 Å². The molecule has 2 aromatic heterocycles. The molecule has 0 spiro atoms. The summed E-state index contributed by atoms with van der Waals surface area (Å²) in [4.78, 5) is 11.2. The second-order valence-electron chi connectivity index (χ2n) is 8.64. The van der Waals surface area contributed by atoms with Crippen LogP contribution < -0.4 is 19.5 Å². The minimum absolute atomic E-state index is 0.191. The number of likely N-dealkylation sites (tertiary alicyclic amines) is 1. The third kappa shape index (κ3) is 5.03. The number of pyridine rings is 2. The van der Waals surface area contributed by atoms with E-state index in [1.165, 1.54) is 5.56 Å². The van der Waals surface area contributed by atoms with Crippen LogP contribution in [0.1, 0.15) is 11.3 Å². The SMILES string of the molecule is COc1ccc2nccc(CCN3C[C@H](CNCc4cc5c(cn4)OCCO5)[C@H](O)C3)c2c1. The second-order valence-corrected chi connectivity index (χ2v) is 8.64. The predicted octanol–water partition coefficient (Wildman–Crippen LogP) is 2.03. The van der Waals surface area contributed by atoms with Crippen molar-refractivity contribution in [1.29, 1.82) is 0 Å². The van der Waals surface area contributed by atoms with Gasteiger partial charge in [-0.2, -0.15) is 0 Å². The minimum Gasteiger partial charge on any atom is -0.497 e. The van der Waals surface area contributed by atoms with Gasteiger partial charge in [-0.25, -0.2) is 0 Å². The number of benzene rings is 1. The lowest BCUT2D eigenvalue weighted by Crippen LogP contribution is -2.30. The Bertz CT molecular complexity index is 1110. The lowest BCUT2D eigenvalue weighted by atomic mass is 10.1. The molecule has 33 heavy (non-hydrogen) atoms. The number of aliphatic hydroxyl groups is 1. The number of β-amino-alcohol motifs (C(OH)–C–C–N with tert-alkyl or cyclic N) is 1. The van der Waals surface area contributed by atoms with Crippen LogP contribution in [0.25, 0.3) is 10.9 Å². The van der Waals surface area contributed by atoms with Crippen LogP contribution in [0, 0.1) is 5.92 Å². The van der Waals surface area contributed by atoms with Crippen molar-refractivity contribution in [3.8, 4) is 17.2 Å². The minimum atomic E-state index is -0.333. The maximum absolute atomic E-state index is 10.6. The number of nitrogens with one attached hydrogen (secondary N) is 1. The van der Waals surface area contributed by atoms with Crippen molar-refractivity contribution in [3.63, 3.8) is 0 Å². The molecule has 1 fully saturated rings. The van der Waals surface area contributed by atoms with E-state index in [0.29, 0.717) is 32.1 Å². The van der Waals surface area contributed by atoms with Crippen molar-refractivity contribution in [2.24, 2.45) is 5.92 Å². The highest BCUT2D eigenvalue weighted by molar-refractivity contribution is 5.83. The molecular weight excluding hydrogens is 420 g/mol. The number of ether oxygens (including phenoxy) is 3. The number of aliphatic hydroxyl groups excluding tert-OH is 1. The molecule has 0 aliphatic carbocycles. The summed E-state index contributed by atoms with van der Waals surface area (Å²) >= 11 is 0. The fourth-order valence-corrected chi connectivity index (χ4v) is 4.60. The zero-order valence-corrected chi connectivity index (χ0v) is 18.9. The van der Waals surface area contributed by atoms with Crippen molar-refractivity contribution in [1.82, 2.24) is 20.2 Å². The first-order chi connectivity index (χ1) is 16.2. The average molecular weight is 451 g/mol. The van der Waals surface area contributed by atoms with Gasteiger partial charge in [0.25, 0.3) is 0 Å². The Hall–Kier alpha value is -2.94. The van der Waals surface area contributed by atoms with Crippen molar-refractivity contribution in [2.45, 2.75) is 19.1 Å². The normalized spacial score (nSPS) is 20.3. The number of hydrogen-bond donors (Lipinski definition) is 2. The van der Waals surface area contributed by atoms with Crippen LogP contribution in [0.15, 0.2) is 42.7 Å². The number of aromatic nitrogens is 2. The van der Waals surface area contributed by atoms with Crippen LogP contribution in [0.2, 0.25) is 0 Å². The Morgan fingerprint density at radius 2 is 2.00 bits per heavy atom. The molecular formula is C25H30N4O4. The van der Waals surface area contributed by atoms with Crippen LogP contribution in [-0.2, 0) is 13.0 Å². The maximum atomic E-state index is 10.6. The molecule has 5 rings (SSSR count). The molecule has 0 unspecified atom stereocenters. The number of hydrogen-bond acceptors (Lipinski definition) is 8. The van der Waals surface area contributed by atoms with E-state index in [2.05, 4.69) is 32.3 Å². The number of rotatable bonds is 8. The molecule has 3 aromatic rings. The Balaban J connectivity index is 1.13. The second kappa shape index (κ2) is 9.91. The molecule has 2 aliphatic heterocycles. The molecule has 174 valence electrons. The first-order valence-corrected chi connectivity index (χ1v) is 11.5. The van der Waals surface area contributed by atoms with Gasteiger partial charge in [-0.15, -0.1) is 0 Å². The highest BCUT2D eigenvalue weighted by atomic mass is 16.6. The first kappa shape index (κ1) is 21.9. The number of nitrogens with zero attached hydrogens (tertiary/aromatic N) is 3. The zero-order chi connectivity index (χ0) is 22.6. The Labute approximate surface area is 193 Å². The number of fused-ring (bicyclic) bond motifs is 2. The van der Waals surface area contributed by atoms with Gasteiger partial charge in [0, 0.05) is 56.3 Å². The molecule has 0 radical (unpaired) electrons. The van der Waals surface area contributed by atoms with Gasteiger partial charge in [0.15, 0.2) is 11.5 Å². The summed E-state index contributed by atoms with van der Waals surface area (Å²) < 4.78 is 16.5. The summed E-state index contributed by atoms with van der Waals surface area (Å²) in [7, 11) is 1.68. The maximum Gasteiger partial charge on any atom is 0.179 e. The highest BCUT2D eigenvalue weighted by Gasteiger charge is 2.30. The smallest absolute Gasteiger partial charge is 0.179 e. The molecule has 0 bridgehead atoms. The van der Waals surface area contributed by atoms with Crippen LogP contribution >= 0.6 is 0 Å². The van der Waals surface area contributed by atoms with Gasteiger partial charge in [0.05, 0.1) is 30.6 Å². The third-order valence-electron chi connectivity index (χ3n) is 6.42. The summed E-state index contributed by atoms with van der Waals surface area (Å²) in [6.07, 6.45) is 4.15. The van der Waals surface area contributed by atoms with Gasteiger partial charge >= 0.3 is 0 Å². The standard InChI is InChI=1S/C25H30N4O4/c1-31-20-2-3-22-21(11-20)17(4-6-27-22)5-7-29-15-18(23(30)16-29)12-26-13-19-10-24-25(14-28-19)33-9-8-32-24/h2-4,6,10-11,14,18,23,26,30H,5,7-9,12-13,15-16H2,1H3/t18-,23+/m0/s1. The molecule has 8 heteroatoms. The summed E-state index contributed by atoms with van der Waals surface area (Å²) in [6, 6.07) is 9.99. The van der Waals surface area contributed by atoms with Gasteiger partial charge in [0.2, 0.25) is 0 Å². The Morgan fingerprint density at radius 3 is 2.88 bits per heavy atom. The summed E-state index contributed by atoms with van der Waals surface area (Å²) in [5, 5.41) is 15.2. The summed E-state index contributed by atoms with van der Waals surface area (Å²) in [6.45, 7) is 4.96. The Morgan fingerprint density at radius 1 is 1.12 bits per heavy atom. The predicted molar refractivity (Wildman–Crippen MR) is 125 cm³/mol. The quantitative estimate of drug-likeness (QED) is 0.539. The molecule has 2 atom stereocenters. The van der Waals surface area contributed by atoms with Crippen LogP contribution in [0.5, 0.6) is 17.2 Å². The highest BCUT2D eigenvalue weighted by Crippen LogP contribution is 2.29. The molecule has 1 aromatic carbocycles. The van der Waals surface area contributed by atoms with E-state index >= 15 is 0 Å². The van der Waals surface area contributed by atoms with Gasteiger partial charge in [0.1, 0.15) is 19.0 Å². The monoisotopic (exact) mass is 450 g/mol. The topological polar surface area (TPSA) is 89.0 Å². The van der Waals surface area contributed by atoms with E-state index in [0.717, 1.165) is 54.2 Å². The van der Waals surface area contributed by atoms with Crippen LogP contribution in [0.3, 0.4) is 0 Å². The van der Waals surface area contributed by atoms with E-state index in [4.69, 9.17) is 14.2 Å². The molecule has 2 aliphatic rings. The van der Waals surface area contributed by atoms with E-state index in [1.807, 2.05) is 24.4 Å². The molecule has 2 N–H and O–H groups in total. The van der Waals surface area contributed by atoms with E-state index < -0.39 is 0 Å². The molecule has 0 saturated carbocycles. The summed E-state index contributed by atoms with van der Waals surface area (Å²) in [5.74, 6) is 2.48. The molecule has 4 heterocycles. The zero-order valence-electron chi connectivity index (χ0n) is 18.9. The van der Waals surface area contributed by atoms with Crippen molar-refractivity contribution in [3.05, 3.63) is 54.0 Å². The fraction of sp³-hybridized carbons (Fsp3) is 0.440. The summed E-state index contributed by atoms with van der Waals surface area (Å²) in [5.41, 5.74) is 3.13. The molecule has 8 nitrogen and oxygen atoms in total. The third-order valence-corrected chi connectivity index (χ3v) is 6.42. The van der Waals surface area contributed by atoms with Gasteiger partial charge in [-0.1, -0.05) is 0 Å². The molecule has 1 saturated heterocycles.